The van der Waals surface area contributed by atoms with Crippen molar-refractivity contribution >= 4 is 12.3 Å². The van der Waals surface area contributed by atoms with E-state index >= 15 is 0 Å². The Morgan fingerprint density at radius 3 is 2.45 bits per heavy atom. The number of aromatic hydroxyl groups is 1. The average molecular weight is 451 g/mol. The van der Waals surface area contributed by atoms with E-state index in [1.807, 2.05) is 45.0 Å². The number of carbonyl (C=O) groups excluding carboxylic acids is 2. The van der Waals surface area contributed by atoms with Crippen LogP contribution in [0.3, 0.4) is 0 Å². The monoisotopic (exact) mass is 450 g/mol. The number of benzene rings is 3. The van der Waals surface area contributed by atoms with E-state index in [9.17, 15) is 19.1 Å². The minimum atomic E-state index is -0.620. The summed E-state index contributed by atoms with van der Waals surface area (Å²) in [6, 6.07) is 15.0. The first kappa shape index (κ1) is 24.0. The number of phenolic OH excluding ortho intramolecular Hbond substituents is 1. The van der Waals surface area contributed by atoms with Gasteiger partial charge in [-0.25, -0.2) is 4.39 Å². The molecule has 0 aromatic heterocycles. The molecule has 0 saturated heterocycles. The molecule has 0 aliphatic heterocycles. The van der Waals surface area contributed by atoms with Crippen molar-refractivity contribution in [3.63, 3.8) is 0 Å². The van der Waals surface area contributed by atoms with Crippen molar-refractivity contribution < 1.29 is 28.6 Å². The number of hydrogen-bond donors (Lipinski definition) is 1. The molecule has 0 heterocycles. The molecule has 3 rings (SSSR count). The molecule has 0 fully saturated rings. The third-order valence-electron chi connectivity index (χ3n) is 5.13. The zero-order valence-corrected chi connectivity index (χ0v) is 19.1. The summed E-state index contributed by atoms with van der Waals surface area (Å²) in [5.41, 5.74) is 2.95. The van der Waals surface area contributed by atoms with Crippen LogP contribution in [0, 0.1) is 18.2 Å². The van der Waals surface area contributed by atoms with Crippen molar-refractivity contribution in [3.8, 4) is 28.4 Å². The van der Waals surface area contributed by atoms with E-state index in [1.165, 1.54) is 12.1 Å². The average Bonchev–Trinajstić information content (AvgIpc) is 2.75. The first-order chi connectivity index (χ1) is 15.6. The number of rotatable bonds is 8. The SMILES string of the molecule is Cc1c(OCc2cccc(-c3ccc(F)c(OC=O)c3)c2)ccc(C(=O)CC(C)(C)C)c1O. The smallest absolute Gasteiger partial charge is 0.298 e. The van der Waals surface area contributed by atoms with Gasteiger partial charge >= 0.3 is 0 Å². The summed E-state index contributed by atoms with van der Waals surface area (Å²) in [5, 5.41) is 10.6. The molecule has 3 aromatic rings. The van der Waals surface area contributed by atoms with Crippen LogP contribution in [0.15, 0.2) is 54.6 Å². The molecular formula is C27H27FO5. The van der Waals surface area contributed by atoms with Gasteiger partial charge in [0.1, 0.15) is 18.1 Å². The number of ketones is 1. The molecule has 0 saturated carbocycles. The van der Waals surface area contributed by atoms with Crippen molar-refractivity contribution in [3.05, 3.63) is 77.1 Å². The molecule has 0 aliphatic carbocycles. The standard InChI is InChI=1S/C27H27FO5/c1-17-24(11-9-21(26(17)31)23(30)14-27(2,3)4)32-15-18-6-5-7-19(12-18)20-8-10-22(28)25(13-20)33-16-29/h5-13,16,31H,14-15H2,1-4H3. The molecular weight excluding hydrogens is 423 g/mol. The van der Waals surface area contributed by atoms with Crippen molar-refractivity contribution in [2.75, 3.05) is 0 Å². The minimum absolute atomic E-state index is 0.0653. The highest BCUT2D eigenvalue weighted by molar-refractivity contribution is 5.99. The van der Waals surface area contributed by atoms with E-state index in [4.69, 9.17) is 4.74 Å². The van der Waals surface area contributed by atoms with Crippen molar-refractivity contribution in [2.24, 2.45) is 5.41 Å². The maximum atomic E-state index is 13.7. The maximum Gasteiger partial charge on any atom is 0.298 e. The fourth-order valence-electron chi connectivity index (χ4n) is 3.47. The van der Waals surface area contributed by atoms with E-state index in [2.05, 4.69) is 4.74 Å². The lowest BCUT2D eigenvalue weighted by Gasteiger charge is -2.18. The Kier molecular flexibility index (Phi) is 7.16. The van der Waals surface area contributed by atoms with Gasteiger partial charge in [-0.3, -0.25) is 9.59 Å². The normalized spacial score (nSPS) is 11.2. The predicted octanol–water partition coefficient (Wildman–Crippen LogP) is 6.24. The Morgan fingerprint density at radius 1 is 1.03 bits per heavy atom. The molecule has 3 aromatic carbocycles. The van der Waals surface area contributed by atoms with E-state index in [0.29, 0.717) is 28.9 Å². The van der Waals surface area contributed by atoms with Gasteiger partial charge in [-0.1, -0.05) is 45.0 Å². The molecule has 0 bridgehead atoms. The molecule has 0 atom stereocenters. The molecule has 33 heavy (non-hydrogen) atoms. The van der Waals surface area contributed by atoms with Gasteiger partial charge in [-0.2, -0.15) is 0 Å². The molecule has 5 nitrogen and oxygen atoms in total. The number of Topliss-reactive ketones (excluding diaryl/α,β-unsaturated/α-hetero) is 1. The second-order valence-electron chi connectivity index (χ2n) is 9.09. The molecule has 6 heteroatoms. The van der Waals surface area contributed by atoms with Gasteiger partial charge in [0.2, 0.25) is 0 Å². The fraction of sp³-hybridized carbons (Fsp3) is 0.259. The second kappa shape index (κ2) is 9.86. The topological polar surface area (TPSA) is 72.8 Å². The van der Waals surface area contributed by atoms with Gasteiger partial charge in [0.25, 0.3) is 6.47 Å². The van der Waals surface area contributed by atoms with Gasteiger partial charge in [0.15, 0.2) is 17.3 Å². The van der Waals surface area contributed by atoms with Crippen LogP contribution in [0.1, 0.15) is 48.7 Å². The Labute approximate surface area is 192 Å². The van der Waals surface area contributed by atoms with Gasteiger partial charge < -0.3 is 14.6 Å². The lowest BCUT2D eigenvalue weighted by Crippen LogP contribution is -2.13. The van der Waals surface area contributed by atoms with Crippen LogP contribution in [0.2, 0.25) is 0 Å². The number of halogens is 1. The summed E-state index contributed by atoms with van der Waals surface area (Å²) >= 11 is 0. The Morgan fingerprint density at radius 2 is 1.76 bits per heavy atom. The van der Waals surface area contributed by atoms with Crippen LogP contribution < -0.4 is 9.47 Å². The highest BCUT2D eigenvalue weighted by atomic mass is 19.1. The molecule has 1 N–H and O–H groups in total. The number of ether oxygens (including phenoxy) is 2. The summed E-state index contributed by atoms with van der Waals surface area (Å²) in [4.78, 5) is 23.1. The summed E-state index contributed by atoms with van der Waals surface area (Å²) in [7, 11) is 0. The number of hydrogen-bond acceptors (Lipinski definition) is 5. The molecule has 172 valence electrons. The Hall–Kier alpha value is -3.67. The Balaban J connectivity index is 1.77. The van der Waals surface area contributed by atoms with Crippen LogP contribution in [0.25, 0.3) is 11.1 Å². The largest absolute Gasteiger partial charge is 0.507 e. The zero-order valence-electron chi connectivity index (χ0n) is 19.1. The van der Waals surface area contributed by atoms with Gasteiger partial charge in [0.05, 0.1) is 5.56 Å². The third-order valence-corrected chi connectivity index (χ3v) is 5.13. The lowest BCUT2D eigenvalue weighted by atomic mass is 9.87. The van der Waals surface area contributed by atoms with E-state index in [1.54, 1.807) is 25.1 Å². The first-order valence-electron chi connectivity index (χ1n) is 10.6. The quantitative estimate of drug-likeness (QED) is 0.325. The zero-order chi connectivity index (χ0) is 24.2. The van der Waals surface area contributed by atoms with Crippen LogP contribution in [-0.4, -0.2) is 17.4 Å². The summed E-state index contributed by atoms with van der Waals surface area (Å²) in [6.07, 6.45) is 0.329. The molecule has 0 spiro atoms. The highest BCUT2D eigenvalue weighted by Crippen LogP contribution is 2.34. The van der Waals surface area contributed by atoms with E-state index in [0.717, 1.165) is 11.1 Å². The van der Waals surface area contributed by atoms with Crippen LogP contribution in [0.4, 0.5) is 4.39 Å². The molecule has 0 radical (unpaired) electrons. The van der Waals surface area contributed by atoms with Crippen molar-refractivity contribution in [2.45, 2.75) is 40.7 Å². The summed E-state index contributed by atoms with van der Waals surface area (Å²) in [5.74, 6) is -0.459. The minimum Gasteiger partial charge on any atom is -0.507 e. The number of phenols is 1. The van der Waals surface area contributed by atoms with Crippen LogP contribution in [-0.2, 0) is 11.4 Å². The van der Waals surface area contributed by atoms with Gasteiger partial charge in [0, 0.05) is 12.0 Å². The first-order valence-corrected chi connectivity index (χ1v) is 10.6. The lowest BCUT2D eigenvalue weighted by molar-refractivity contribution is -0.120. The second-order valence-corrected chi connectivity index (χ2v) is 9.09. The maximum absolute atomic E-state index is 13.7. The van der Waals surface area contributed by atoms with E-state index < -0.39 is 5.82 Å². The fourth-order valence-corrected chi connectivity index (χ4v) is 3.47. The third kappa shape index (κ3) is 5.98. The molecule has 0 aliphatic rings. The van der Waals surface area contributed by atoms with Gasteiger partial charge in [-0.15, -0.1) is 0 Å². The van der Waals surface area contributed by atoms with E-state index in [-0.39, 0.29) is 35.8 Å². The Bertz CT molecular complexity index is 1180. The summed E-state index contributed by atoms with van der Waals surface area (Å²) < 4.78 is 24.3. The predicted molar refractivity (Wildman–Crippen MR) is 124 cm³/mol. The highest BCUT2D eigenvalue weighted by Gasteiger charge is 2.21. The van der Waals surface area contributed by atoms with Crippen molar-refractivity contribution in [1.82, 2.24) is 0 Å². The van der Waals surface area contributed by atoms with Crippen LogP contribution >= 0.6 is 0 Å². The molecule has 0 unspecified atom stereocenters. The summed E-state index contributed by atoms with van der Waals surface area (Å²) in [6.45, 7) is 8.05. The van der Waals surface area contributed by atoms with Crippen LogP contribution in [0.5, 0.6) is 17.2 Å². The van der Waals surface area contributed by atoms with Gasteiger partial charge in [-0.05, 0) is 59.4 Å². The number of carbonyl (C=O) groups is 2. The van der Waals surface area contributed by atoms with Crippen molar-refractivity contribution in [1.29, 1.82) is 0 Å². The molecule has 0 amide bonds.